The van der Waals surface area contributed by atoms with Crippen molar-refractivity contribution in [3.05, 3.63) is 107 Å². The first-order chi connectivity index (χ1) is 16.6. The van der Waals surface area contributed by atoms with Crippen LogP contribution in [-0.4, -0.2) is 21.3 Å². The number of nitrogens with zero attached hydrogens (tertiary/aromatic N) is 4. The first-order valence-corrected chi connectivity index (χ1v) is 11.6. The SMILES string of the molecule is O=C1/C(=C\c2ccccc2)N=C(SCc2nnc(-c3ccccc3Cl)o2)N1c1ccc(F)cc1. The van der Waals surface area contributed by atoms with Crippen LogP contribution >= 0.6 is 23.4 Å². The van der Waals surface area contributed by atoms with Crippen LogP contribution in [0.5, 0.6) is 0 Å². The molecule has 0 unspecified atom stereocenters. The largest absolute Gasteiger partial charge is 0.420 e. The molecule has 0 spiro atoms. The summed E-state index contributed by atoms with van der Waals surface area (Å²) in [6.07, 6.45) is 1.72. The second kappa shape index (κ2) is 9.62. The van der Waals surface area contributed by atoms with Crippen molar-refractivity contribution in [1.82, 2.24) is 10.2 Å². The van der Waals surface area contributed by atoms with Gasteiger partial charge in [0, 0.05) is 0 Å². The van der Waals surface area contributed by atoms with Gasteiger partial charge in [0.25, 0.3) is 5.91 Å². The van der Waals surface area contributed by atoms with Gasteiger partial charge >= 0.3 is 0 Å². The average molecular weight is 491 g/mol. The Bertz CT molecular complexity index is 1400. The van der Waals surface area contributed by atoms with E-state index in [-0.39, 0.29) is 23.2 Å². The third-order valence-corrected chi connectivity index (χ3v) is 6.17. The third-order valence-electron chi connectivity index (χ3n) is 4.91. The van der Waals surface area contributed by atoms with E-state index in [0.29, 0.717) is 33.2 Å². The Balaban J connectivity index is 1.42. The molecule has 3 aromatic carbocycles. The van der Waals surface area contributed by atoms with Gasteiger partial charge < -0.3 is 4.42 Å². The van der Waals surface area contributed by atoms with E-state index in [2.05, 4.69) is 15.2 Å². The number of carbonyl (C=O) groups is 1. The fourth-order valence-electron chi connectivity index (χ4n) is 3.30. The Hall–Kier alpha value is -3.75. The number of thioether (sulfide) groups is 1. The molecule has 34 heavy (non-hydrogen) atoms. The minimum absolute atomic E-state index is 0.278. The second-order valence-corrected chi connectivity index (χ2v) is 8.57. The number of amides is 1. The molecule has 1 aromatic heterocycles. The molecule has 0 bridgehead atoms. The van der Waals surface area contributed by atoms with Crippen LogP contribution in [0.2, 0.25) is 5.02 Å². The summed E-state index contributed by atoms with van der Waals surface area (Å²) < 4.78 is 19.3. The summed E-state index contributed by atoms with van der Waals surface area (Å²) in [5, 5.41) is 9.10. The van der Waals surface area contributed by atoms with E-state index in [1.807, 2.05) is 42.5 Å². The lowest BCUT2D eigenvalue weighted by Crippen LogP contribution is -2.30. The molecular formula is C25H16ClFN4O2S. The van der Waals surface area contributed by atoms with Crippen molar-refractivity contribution in [2.24, 2.45) is 4.99 Å². The Morgan fingerprint density at radius 1 is 0.971 bits per heavy atom. The zero-order valence-electron chi connectivity index (χ0n) is 17.6. The molecule has 168 valence electrons. The topological polar surface area (TPSA) is 71.6 Å². The van der Waals surface area contributed by atoms with Gasteiger partial charge in [0.2, 0.25) is 11.8 Å². The number of halogens is 2. The highest BCUT2D eigenvalue weighted by Crippen LogP contribution is 2.32. The van der Waals surface area contributed by atoms with Gasteiger partial charge in [-0.05, 0) is 48.0 Å². The second-order valence-electron chi connectivity index (χ2n) is 7.22. The van der Waals surface area contributed by atoms with Crippen LogP contribution in [0, 0.1) is 5.82 Å². The maximum absolute atomic E-state index is 13.5. The van der Waals surface area contributed by atoms with E-state index in [9.17, 15) is 9.18 Å². The highest BCUT2D eigenvalue weighted by atomic mass is 35.5. The fraction of sp³-hybridized carbons (Fsp3) is 0.0400. The van der Waals surface area contributed by atoms with Crippen molar-refractivity contribution in [1.29, 1.82) is 0 Å². The maximum Gasteiger partial charge on any atom is 0.283 e. The molecule has 0 aliphatic carbocycles. The number of aliphatic imine (C=N–C) groups is 1. The molecule has 6 nitrogen and oxygen atoms in total. The number of rotatable bonds is 5. The maximum atomic E-state index is 13.5. The molecule has 1 amide bonds. The van der Waals surface area contributed by atoms with Crippen LogP contribution in [0.25, 0.3) is 17.5 Å². The summed E-state index contributed by atoms with van der Waals surface area (Å²) in [5.41, 5.74) is 2.28. The molecule has 0 radical (unpaired) electrons. The lowest BCUT2D eigenvalue weighted by Gasteiger charge is -2.17. The summed E-state index contributed by atoms with van der Waals surface area (Å²) in [6, 6.07) is 22.3. The summed E-state index contributed by atoms with van der Waals surface area (Å²) in [5.74, 6) is 0.250. The van der Waals surface area contributed by atoms with Crippen LogP contribution in [0.3, 0.4) is 0 Å². The van der Waals surface area contributed by atoms with Gasteiger partial charge in [-0.2, -0.15) is 0 Å². The van der Waals surface area contributed by atoms with Crippen molar-refractivity contribution >= 4 is 46.2 Å². The van der Waals surface area contributed by atoms with Crippen LogP contribution in [0.4, 0.5) is 10.1 Å². The van der Waals surface area contributed by atoms with E-state index in [4.69, 9.17) is 16.0 Å². The van der Waals surface area contributed by atoms with E-state index in [1.165, 1.54) is 40.9 Å². The van der Waals surface area contributed by atoms with Gasteiger partial charge in [0.15, 0.2) is 5.17 Å². The van der Waals surface area contributed by atoms with E-state index >= 15 is 0 Å². The van der Waals surface area contributed by atoms with Gasteiger partial charge in [0.1, 0.15) is 11.5 Å². The van der Waals surface area contributed by atoms with Crippen LogP contribution in [0.15, 0.2) is 94.0 Å². The molecular weight excluding hydrogens is 475 g/mol. The number of amidine groups is 1. The lowest BCUT2D eigenvalue weighted by atomic mass is 10.2. The number of hydrogen-bond acceptors (Lipinski definition) is 6. The summed E-state index contributed by atoms with van der Waals surface area (Å²) in [6.45, 7) is 0. The molecule has 0 fully saturated rings. The Morgan fingerprint density at radius 2 is 1.71 bits per heavy atom. The average Bonchev–Trinajstić information content (AvgIpc) is 3.44. The zero-order chi connectivity index (χ0) is 23.5. The Kier molecular flexibility index (Phi) is 6.24. The van der Waals surface area contributed by atoms with Crippen molar-refractivity contribution in [2.75, 3.05) is 4.90 Å². The minimum Gasteiger partial charge on any atom is -0.420 e. The number of hydrogen-bond donors (Lipinski definition) is 0. The number of carbonyl (C=O) groups excluding carboxylic acids is 1. The molecule has 0 saturated heterocycles. The molecule has 0 atom stereocenters. The van der Waals surface area contributed by atoms with Crippen LogP contribution in [-0.2, 0) is 10.5 Å². The van der Waals surface area contributed by atoms with Gasteiger partial charge in [0.05, 0.1) is 22.0 Å². The number of anilines is 1. The van der Waals surface area contributed by atoms with Crippen molar-refractivity contribution in [2.45, 2.75) is 5.75 Å². The van der Waals surface area contributed by atoms with Gasteiger partial charge in [-0.3, -0.25) is 9.69 Å². The lowest BCUT2D eigenvalue weighted by molar-refractivity contribution is -0.113. The van der Waals surface area contributed by atoms with Crippen molar-refractivity contribution in [3.63, 3.8) is 0 Å². The number of benzene rings is 3. The smallest absolute Gasteiger partial charge is 0.283 e. The van der Waals surface area contributed by atoms with E-state index < -0.39 is 0 Å². The quantitative estimate of drug-likeness (QED) is 0.311. The highest BCUT2D eigenvalue weighted by Gasteiger charge is 2.32. The summed E-state index contributed by atoms with van der Waals surface area (Å²) >= 11 is 7.48. The third kappa shape index (κ3) is 4.64. The molecule has 0 saturated carbocycles. The molecule has 9 heteroatoms. The summed E-state index contributed by atoms with van der Waals surface area (Å²) in [7, 11) is 0. The number of aromatic nitrogens is 2. The zero-order valence-corrected chi connectivity index (χ0v) is 19.1. The van der Waals surface area contributed by atoms with Gasteiger partial charge in [-0.25, -0.2) is 9.38 Å². The van der Waals surface area contributed by atoms with Gasteiger partial charge in [-0.15, -0.1) is 10.2 Å². The first-order valence-electron chi connectivity index (χ1n) is 10.2. The highest BCUT2D eigenvalue weighted by molar-refractivity contribution is 8.13. The normalized spacial score (nSPS) is 14.6. The first kappa shape index (κ1) is 22.1. The van der Waals surface area contributed by atoms with E-state index in [0.717, 1.165) is 5.56 Å². The summed E-state index contributed by atoms with van der Waals surface area (Å²) in [4.78, 5) is 19.2. The van der Waals surface area contributed by atoms with Gasteiger partial charge in [-0.1, -0.05) is 65.8 Å². The predicted octanol–water partition coefficient (Wildman–Crippen LogP) is 6.21. The van der Waals surface area contributed by atoms with Crippen molar-refractivity contribution in [3.8, 4) is 11.5 Å². The van der Waals surface area contributed by atoms with Crippen LogP contribution < -0.4 is 4.90 Å². The standard InChI is InChI=1S/C25H16ClFN4O2S/c26-20-9-5-4-8-19(20)23-30-29-22(33-23)15-34-25-28-21(14-16-6-2-1-3-7-16)24(32)31(25)18-12-10-17(27)11-13-18/h1-14H,15H2/b21-14+. The molecule has 1 aliphatic heterocycles. The molecule has 0 N–H and O–H groups in total. The Labute approximate surface area is 203 Å². The Morgan fingerprint density at radius 3 is 2.47 bits per heavy atom. The fourth-order valence-corrected chi connectivity index (χ4v) is 4.37. The molecule has 4 aromatic rings. The van der Waals surface area contributed by atoms with E-state index in [1.54, 1.807) is 18.2 Å². The minimum atomic E-state index is -0.389. The molecule has 2 heterocycles. The molecule has 5 rings (SSSR count). The monoisotopic (exact) mass is 490 g/mol. The van der Waals surface area contributed by atoms with Crippen LogP contribution in [0.1, 0.15) is 11.5 Å². The predicted molar refractivity (Wildman–Crippen MR) is 132 cm³/mol. The molecule has 1 aliphatic rings. The van der Waals surface area contributed by atoms with Crippen molar-refractivity contribution < 1.29 is 13.6 Å².